The SMILES string of the molecule is Cc1ccc(/C=C/C(=O)N[C@@H]2CC(C)(C)Oc3ccccc32)cc1. The maximum Gasteiger partial charge on any atom is 0.244 e. The van der Waals surface area contributed by atoms with Crippen LogP contribution in [0.15, 0.2) is 54.6 Å². The van der Waals surface area contributed by atoms with E-state index in [-0.39, 0.29) is 17.6 Å². The number of ether oxygens (including phenoxy) is 1. The number of nitrogens with one attached hydrogen (secondary N) is 1. The lowest BCUT2D eigenvalue weighted by atomic mass is 9.89. The molecule has 1 heterocycles. The van der Waals surface area contributed by atoms with Gasteiger partial charge in [0.15, 0.2) is 0 Å². The second-order valence-corrected chi connectivity index (χ2v) is 6.91. The van der Waals surface area contributed by atoms with E-state index in [0.717, 1.165) is 23.3 Å². The van der Waals surface area contributed by atoms with Crippen molar-refractivity contribution < 1.29 is 9.53 Å². The van der Waals surface area contributed by atoms with Crippen molar-refractivity contribution in [1.82, 2.24) is 5.32 Å². The van der Waals surface area contributed by atoms with E-state index in [0.29, 0.717) is 0 Å². The van der Waals surface area contributed by atoms with Crippen LogP contribution in [0.25, 0.3) is 6.08 Å². The highest BCUT2D eigenvalue weighted by Crippen LogP contribution is 2.39. The Morgan fingerprint density at radius 1 is 1.17 bits per heavy atom. The topological polar surface area (TPSA) is 38.3 Å². The Morgan fingerprint density at radius 2 is 1.88 bits per heavy atom. The molecule has 0 radical (unpaired) electrons. The van der Waals surface area contributed by atoms with Crippen LogP contribution >= 0.6 is 0 Å². The first kappa shape index (κ1) is 16.3. The Labute approximate surface area is 143 Å². The molecule has 3 rings (SSSR count). The highest BCUT2D eigenvalue weighted by Gasteiger charge is 2.33. The number of benzene rings is 2. The number of para-hydroxylation sites is 1. The zero-order valence-corrected chi connectivity index (χ0v) is 14.4. The number of hydrogen-bond donors (Lipinski definition) is 1. The fourth-order valence-electron chi connectivity index (χ4n) is 3.00. The summed E-state index contributed by atoms with van der Waals surface area (Å²) in [7, 11) is 0. The van der Waals surface area contributed by atoms with Gasteiger partial charge in [-0.25, -0.2) is 0 Å². The van der Waals surface area contributed by atoms with Crippen molar-refractivity contribution in [3.8, 4) is 5.75 Å². The number of amides is 1. The molecular weight excluding hydrogens is 298 g/mol. The summed E-state index contributed by atoms with van der Waals surface area (Å²) >= 11 is 0. The summed E-state index contributed by atoms with van der Waals surface area (Å²) in [4.78, 5) is 12.3. The summed E-state index contributed by atoms with van der Waals surface area (Å²) in [6.45, 7) is 6.14. The molecule has 3 nitrogen and oxygen atoms in total. The summed E-state index contributed by atoms with van der Waals surface area (Å²) < 4.78 is 6.00. The summed E-state index contributed by atoms with van der Waals surface area (Å²) in [5.41, 5.74) is 2.96. The van der Waals surface area contributed by atoms with Gasteiger partial charge in [0.05, 0.1) is 6.04 Å². The van der Waals surface area contributed by atoms with Gasteiger partial charge in [-0.2, -0.15) is 0 Å². The average molecular weight is 321 g/mol. The van der Waals surface area contributed by atoms with Crippen molar-refractivity contribution in [2.45, 2.75) is 38.8 Å². The van der Waals surface area contributed by atoms with Crippen LogP contribution in [0.1, 0.15) is 43.0 Å². The molecule has 0 saturated carbocycles. The predicted octanol–water partition coefficient (Wildman–Crippen LogP) is 4.43. The predicted molar refractivity (Wildman–Crippen MR) is 96.9 cm³/mol. The van der Waals surface area contributed by atoms with E-state index >= 15 is 0 Å². The molecular formula is C21H23NO2. The van der Waals surface area contributed by atoms with Crippen molar-refractivity contribution in [2.24, 2.45) is 0 Å². The highest BCUT2D eigenvalue weighted by atomic mass is 16.5. The number of carbonyl (C=O) groups is 1. The van der Waals surface area contributed by atoms with Crippen molar-refractivity contribution in [1.29, 1.82) is 0 Å². The normalized spacial score (nSPS) is 18.7. The third kappa shape index (κ3) is 3.85. The fourth-order valence-corrected chi connectivity index (χ4v) is 3.00. The third-order valence-electron chi connectivity index (χ3n) is 4.20. The van der Waals surface area contributed by atoms with Crippen LogP contribution in [0, 0.1) is 6.92 Å². The average Bonchev–Trinajstić information content (AvgIpc) is 2.53. The Hall–Kier alpha value is -2.55. The molecule has 0 spiro atoms. The van der Waals surface area contributed by atoms with E-state index in [1.165, 1.54) is 5.56 Å². The molecule has 0 aromatic heterocycles. The summed E-state index contributed by atoms with van der Waals surface area (Å²) in [5.74, 6) is 0.759. The second-order valence-electron chi connectivity index (χ2n) is 6.91. The van der Waals surface area contributed by atoms with Gasteiger partial charge in [-0.05, 0) is 38.5 Å². The van der Waals surface area contributed by atoms with E-state index in [1.54, 1.807) is 6.08 Å². The van der Waals surface area contributed by atoms with E-state index in [2.05, 4.69) is 5.32 Å². The molecule has 2 aromatic rings. The molecule has 1 N–H and O–H groups in total. The van der Waals surface area contributed by atoms with Crippen molar-refractivity contribution in [2.75, 3.05) is 0 Å². The minimum Gasteiger partial charge on any atom is -0.487 e. The van der Waals surface area contributed by atoms with Crippen molar-refractivity contribution in [3.05, 3.63) is 71.3 Å². The van der Waals surface area contributed by atoms with Crippen molar-refractivity contribution >= 4 is 12.0 Å². The van der Waals surface area contributed by atoms with Gasteiger partial charge in [0.25, 0.3) is 0 Å². The summed E-state index contributed by atoms with van der Waals surface area (Å²) in [6, 6.07) is 15.9. The van der Waals surface area contributed by atoms with Crippen LogP contribution in [0.5, 0.6) is 5.75 Å². The smallest absolute Gasteiger partial charge is 0.244 e. The first-order chi connectivity index (χ1) is 11.4. The fraction of sp³-hybridized carbons (Fsp3) is 0.286. The van der Waals surface area contributed by atoms with Crippen LogP contribution in [-0.4, -0.2) is 11.5 Å². The van der Waals surface area contributed by atoms with Gasteiger partial charge in [0.2, 0.25) is 5.91 Å². The first-order valence-electron chi connectivity index (χ1n) is 8.26. The van der Waals surface area contributed by atoms with Gasteiger partial charge in [-0.3, -0.25) is 4.79 Å². The molecule has 0 saturated heterocycles. The maximum atomic E-state index is 12.3. The number of hydrogen-bond acceptors (Lipinski definition) is 2. The minimum absolute atomic E-state index is 0.0416. The van der Waals surface area contributed by atoms with Crippen LogP contribution in [-0.2, 0) is 4.79 Å². The molecule has 0 fully saturated rings. The Morgan fingerprint density at radius 3 is 2.62 bits per heavy atom. The molecule has 0 unspecified atom stereocenters. The van der Waals surface area contributed by atoms with Gasteiger partial charge < -0.3 is 10.1 Å². The van der Waals surface area contributed by atoms with E-state index in [9.17, 15) is 4.79 Å². The standard InChI is InChI=1S/C21H23NO2/c1-15-8-10-16(11-9-15)12-13-20(23)22-18-14-21(2,3)24-19-7-5-4-6-17(18)19/h4-13,18H,14H2,1-3H3,(H,22,23)/b13-12+/t18-/m1/s1. The molecule has 3 heteroatoms. The van der Waals surface area contributed by atoms with Gasteiger partial charge in [0, 0.05) is 18.1 Å². The maximum absolute atomic E-state index is 12.3. The van der Waals surface area contributed by atoms with Gasteiger partial charge in [-0.15, -0.1) is 0 Å². The van der Waals surface area contributed by atoms with Crippen molar-refractivity contribution in [3.63, 3.8) is 0 Å². The molecule has 1 atom stereocenters. The molecule has 1 amide bonds. The molecule has 1 aliphatic rings. The van der Waals surface area contributed by atoms with E-state index in [4.69, 9.17) is 4.74 Å². The van der Waals surface area contributed by atoms with Crippen LogP contribution in [0.2, 0.25) is 0 Å². The first-order valence-corrected chi connectivity index (χ1v) is 8.26. The van der Waals surface area contributed by atoms with E-state index in [1.807, 2.05) is 75.4 Å². The monoisotopic (exact) mass is 321 g/mol. The molecule has 124 valence electrons. The highest BCUT2D eigenvalue weighted by molar-refractivity contribution is 5.92. The zero-order valence-electron chi connectivity index (χ0n) is 14.4. The van der Waals surface area contributed by atoms with E-state index < -0.39 is 0 Å². The van der Waals surface area contributed by atoms with Crippen LogP contribution < -0.4 is 10.1 Å². The van der Waals surface area contributed by atoms with Gasteiger partial charge >= 0.3 is 0 Å². The largest absolute Gasteiger partial charge is 0.487 e. The number of rotatable bonds is 3. The summed E-state index contributed by atoms with van der Waals surface area (Å²) in [5, 5.41) is 3.11. The second kappa shape index (κ2) is 6.52. The van der Waals surface area contributed by atoms with Gasteiger partial charge in [-0.1, -0.05) is 48.0 Å². The zero-order chi connectivity index (χ0) is 17.2. The van der Waals surface area contributed by atoms with Crippen LogP contribution in [0.4, 0.5) is 0 Å². The number of fused-ring (bicyclic) bond motifs is 1. The Bertz CT molecular complexity index is 760. The lowest BCUT2D eigenvalue weighted by molar-refractivity contribution is -0.117. The molecule has 2 aromatic carbocycles. The minimum atomic E-state index is -0.299. The third-order valence-corrected chi connectivity index (χ3v) is 4.20. The van der Waals surface area contributed by atoms with Crippen LogP contribution in [0.3, 0.4) is 0 Å². The lowest BCUT2D eigenvalue weighted by Crippen LogP contribution is -2.40. The molecule has 1 aliphatic heterocycles. The summed E-state index contributed by atoms with van der Waals surface area (Å²) in [6.07, 6.45) is 4.18. The molecule has 24 heavy (non-hydrogen) atoms. The van der Waals surface area contributed by atoms with Gasteiger partial charge in [0.1, 0.15) is 11.4 Å². The number of carbonyl (C=O) groups excluding carboxylic acids is 1. The number of aryl methyl sites for hydroxylation is 1. The molecule has 0 bridgehead atoms. The Kier molecular flexibility index (Phi) is 4.43. The Balaban J connectivity index is 1.73. The quantitative estimate of drug-likeness (QED) is 0.850. The lowest BCUT2D eigenvalue weighted by Gasteiger charge is -2.37. The molecule has 0 aliphatic carbocycles.